The molecular formula is C15H23N5. The zero-order valence-electron chi connectivity index (χ0n) is 12.9. The van der Waals surface area contributed by atoms with E-state index in [1.165, 1.54) is 0 Å². The summed E-state index contributed by atoms with van der Waals surface area (Å²) in [5, 5.41) is 7.85. The predicted molar refractivity (Wildman–Crippen MR) is 81.8 cm³/mol. The SMILES string of the molecule is CCCNc1nc(C(C)C)nc(-c2ccn(C)n2)c1C. The summed E-state index contributed by atoms with van der Waals surface area (Å²) in [5.41, 5.74) is 2.87. The van der Waals surface area contributed by atoms with Crippen LogP contribution in [0, 0.1) is 6.92 Å². The molecule has 0 saturated heterocycles. The second kappa shape index (κ2) is 6.03. The van der Waals surface area contributed by atoms with Crippen molar-refractivity contribution >= 4 is 5.82 Å². The van der Waals surface area contributed by atoms with Gasteiger partial charge in [-0.3, -0.25) is 4.68 Å². The lowest BCUT2D eigenvalue weighted by atomic mass is 10.1. The van der Waals surface area contributed by atoms with E-state index in [1.807, 2.05) is 26.2 Å². The average Bonchev–Trinajstić information content (AvgIpc) is 2.83. The molecular weight excluding hydrogens is 250 g/mol. The lowest BCUT2D eigenvalue weighted by Gasteiger charge is -2.14. The summed E-state index contributed by atoms with van der Waals surface area (Å²) < 4.78 is 1.80. The number of aryl methyl sites for hydroxylation is 1. The molecule has 2 heterocycles. The van der Waals surface area contributed by atoms with Gasteiger partial charge in [-0.1, -0.05) is 20.8 Å². The van der Waals surface area contributed by atoms with Crippen molar-refractivity contribution in [3.63, 3.8) is 0 Å². The minimum Gasteiger partial charge on any atom is -0.370 e. The Bertz CT molecular complexity index is 586. The number of nitrogens with zero attached hydrogens (tertiary/aromatic N) is 4. The molecule has 0 aliphatic rings. The van der Waals surface area contributed by atoms with E-state index in [-0.39, 0.29) is 0 Å². The minimum atomic E-state index is 0.292. The third-order valence-corrected chi connectivity index (χ3v) is 3.18. The van der Waals surface area contributed by atoms with Gasteiger partial charge in [0, 0.05) is 31.3 Å². The van der Waals surface area contributed by atoms with E-state index in [2.05, 4.69) is 36.2 Å². The van der Waals surface area contributed by atoms with Crippen LogP contribution in [-0.4, -0.2) is 26.3 Å². The van der Waals surface area contributed by atoms with Crippen molar-refractivity contribution in [3.8, 4) is 11.4 Å². The topological polar surface area (TPSA) is 55.6 Å². The molecule has 0 fully saturated rings. The van der Waals surface area contributed by atoms with Gasteiger partial charge in [0.2, 0.25) is 0 Å². The number of anilines is 1. The van der Waals surface area contributed by atoms with Crippen LogP contribution in [0.25, 0.3) is 11.4 Å². The third-order valence-electron chi connectivity index (χ3n) is 3.18. The first kappa shape index (κ1) is 14.5. The Kier molecular flexibility index (Phi) is 4.37. The van der Waals surface area contributed by atoms with Gasteiger partial charge in [0.1, 0.15) is 17.3 Å². The zero-order valence-corrected chi connectivity index (χ0v) is 12.9. The molecule has 0 spiro atoms. The maximum atomic E-state index is 4.70. The van der Waals surface area contributed by atoms with Gasteiger partial charge < -0.3 is 5.32 Å². The summed E-state index contributed by atoms with van der Waals surface area (Å²) in [6.07, 6.45) is 3.00. The molecule has 108 valence electrons. The van der Waals surface area contributed by atoms with Crippen molar-refractivity contribution in [2.24, 2.45) is 7.05 Å². The summed E-state index contributed by atoms with van der Waals surface area (Å²) in [5.74, 6) is 2.07. The summed E-state index contributed by atoms with van der Waals surface area (Å²) >= 11 is 0. The van der Waals surface area contributed by atoms with Crippen LogP contribution in [-0.2, 0) is 7.05 Å². The second-order valence-corrected chi connectivity index (χ2v) is 5.36. The highest BCUT2D eigenvalue weighted by molar-refractivity contribution is 5.65. The highest BCUT2D eigenvalue weighted by Gasteiger charge is 2.15. The van der Waals surface area contributed by atoms with Crippen LogP contribution in [0.2, 0.25) is 0 Å². The lowest BCUT2D eigenvalue weighted by molar-refractivity contribution is 0.759. The normalized spacial score (nSPS) is 11.1. The van der Waals surface area contributed by atoms with Gasteiger partial charge in [-0.2, -0.15) is 5.10 Å². The van der Waals surface area contributed by atoms with E-state index in [9.17, 15) is 0 Å². The van der Waals surface area contributed by atoms with Gasteiger partial charge in [0.25, 0.3) is 0 Å². The van der Waals surface area contributed by atoms with Crippen molar-refractivity contribution in [2.75, 3.05) is 11.9 Å². The van der Waals surface area contributed by atoms with E-state index in [1.54, 1.807) is 4.68 Å². The van der Waals surface area contributed by atoms with Crippen LogP contribution >= 0.6 is 0 Å². The molecule has 0 aliphatic heterocycles. The van der Waals surface area contributed by atoms with E-state index in [4.69, 9.17) is 4.98 Å². The van der Waals surface area contributed by atoms with Crippen molar-refractivity contribution in [1.29, 1.82) is 0 Å². The maximum Gasteiger partial charge on any atom is 0.134 e. The van der Waals surface area contributed by atoms with Crippen LogP contribution in [0.5, 0.6) is 0 Å². The second-order valence-electron chi connectivity index (χ2n) is 5.36. The van der Waals surface area contributed by atoms with E-state index >= 15 is 0 Å². The largest absolute Gasteiger partial charge is 0.370 e. The molecule has 0 unspecified atom stereocenters. The molecule has 0 radical (unpaired) electrons. The maximum absolute atomic E-state index is 4.70. The average molecular weight is 273 g/mol. The van der Waals surface area contributed by atoms with Gasteiger partial charge in [-0.05, 0) is 19.4 Å². The molecule has 0 bridgehead atoms. The number of hydrogen-bond acceptors (Lipinski definition) is 4. The molecule has 0 amide bonds. The molecule has 5 nitrogen and oxygen atoms in total. The van der Waals surface area contributed by atoms with Gasteiger partial charge in [0.15, 0.2) is 0 Å². The fraction of sp³-hybridized carbons (Fsp3) is 0.533. The summed E-state index contributed by atoms with van der Waals surface area (Å²) in [6.45, 7) is 9.32. The fourth-order valence-corrected chi connectivity index (χ4v) is 2.00. The third kappa shape index (κ3) is 2.98. The molecule has 5 heteroatoms. The van der Waals surface area contributed by atoms with Gasteiger partial charge in [0.05, 0.1) is 5.69 Å². The molecule has 1 N–H and O–H groups in total. The quantitative estimate of drug-likeness (QED) is 0.909. The monoisotopic (exact) mass is 273 g/mol. The van der Waals surface area contributed by atoms with E-state index in [0.717, 1.165) is 41.6 Å². The summed E-state index contributed by atoms with van der Waals surface area (Å²) in [4.78, 5) is 9.34. The van der Waals surface area contributed by atoms with E-state index in [0.29, 0.717) is 5.92 Å². The zero-order chi connectivity index (χ0) is 14.7. The number of hydrogen-bond donors (Lipinski definition) is 1. The highest BCUT2D eigenvalue weighted by Crippen LogP contribution is 2.26. The van der Waals surface area contributed by atoms with Crippen LogP contribution in [0.15, 0.2) is 12.3 Å². The number of nitrogens with one attached hydrogen (secondary N) is 1. The molecule has 0 saturated carbocycles. The Morgan fingerprint density at radius 2 is 2.05 bits per heavy atom. The van der Waals surface area contributed by atoms with Crippen molar-refractivity contribution < 1.29 is 0 Å². The van der Waals surface area contributed by atoms with Gasteiger partial charge >= 0.3 is 0 Å². The standard InChI is InChI=1S/C15H23N5/c1-6-8-16-15-11(4)13(12-7-9-20(5)19-12)17-14(18-15)10(2)3/h7,9-10H,6,8H2,1-5H3,(H,16,17,18). The Morgan fingerprint density at radius 3 is 2.60 bits per heavy atom. The Morgan fingerprint density at radius 1 is 1.30 bits per heavy atom. The molecule has 0 aromatic carbocycles. The molecule has 2 rings (SSSR count). The molecule has 20 heavy (non-hydrogen) atoms. The number of aromatic nitrogens is 4. The van der Waals surface area contributed by atoms with Crippen LogP contribution in [0.3, 0.4) is 0 Å². The summed E-state index contributed by atoms with van der Waals surface area (Å²) in [7, 11) is 1.92. The Hall–Kier alpha value is -1.91. The Balaban J connectivity index is 2.51. The summed E-state index contributed by atoms with van der Waals surface area (Å²) in [6, 6.07) is 1.99. The van der Waals surface area contributed by atoms with Crippen LogP contribution < -0.4 is 5.32 Å². The first-order valence-electron chi connectivity index (χ1n) is 7.15. The molecule has 0 aliphatic carbocycles. The number of rotatable bonds is 5. The van der Waals surface area contributed by atoms with Crippen molar-refractivity contribution in [1.82, 2.24) is 19.7 Å². The van der Waals surface area contributed by atoms with Crippen LogP contribution in [0.1, 0.15) is 44.5 Å². The minimum absolute atomic E-state index is 0.292. The van der Waals surface area contributed by atoms with Crippen LogP contribution in [0.4, 0.5) is 5.82 Å². The van der Waals surface area contributed by atoms with Gasteiger partial charge in [-0.15, -0.1) is 0 Å². The van der Waals surface area contributed by atoms with Gasteiger partial charge in [-0.25, -0.2) is 9.97 Å². The highest BCUT2D eigenvalue weighted by atomic mass is 15.3. The van der Waals surface area contributed by atoms with Crippen molar-refractivity contribution in [3.05, 3.63) is 23.7 Å². The van der Waals surface area contributed by atoms with E-state index < -0.39 is 0 Å². The molecule has 0 atom stereocenters. The molecule has 2 aromatic rings. The first-order chi connectivity index (χ1) is 9.52. The Labute approximate surface area is 120 Å². The molecule has 2 aromatic heterocycles. The smallest absolute Gasteiger partial charge is 0.134 e. The first-order valence-corrected chi connectivity index (χ1v) is 7.15. The van der Waals surface area contributed by atoms with Crippen molar-refractivity contribution in [2.45, 2.75) is 40.0 Å². The fourth-order valence-electron chi connectivity index (χ4n) is 2.00. The lowest BCUT2D eigenvalue weighted by Crippen LogP contribution is -2.10. The predicted octanol–water partition coefficient (Wildman–Crippen LogP) is 3.13.